The molecule has 110 valence electrons. The molecule has 1 aromatic rings. The van der Waals surface area contributed by atoms with Crippen molar-refractivity contribution in [2.45, 2.75) is 38.1 Å². The van der Waals surface area contributed by atoms with Crippen molar-refractivity contribution >= 4 is 5.97 Å². The van der Waals surface area contributed by atoms with E-state index in [0.717, 1.165) is 31.7 Å². The second-order valence-electron chi connectivity index (χ2n) is 5.55. The van der Waals surface area contributed by atoms with E-state index >= 15 is 0 Å². The fourth-order valence-electron chi connectivity index (χ4n) is 2.96. The molecule has 1 aliphatic rings. The summed E-state index contributed by atoms with van der Waals surface area (Å²) in [6.45, 7) is 4.12. The Labute approximate surface area is 120 Å². The zero-order valence-corrected chi connectivity index (χ0v) is 12.2. The monoisotopic (exact) mass is 277 g/mol. The fourth-order valence-corrected chi connectivity index (χ4v) is 2.96. The summed E-state index contributed by atoms with van der Waals surface area (Å²) in [7, 11) is 1.68. The highest BCUT2D eigenvalue weighted by molar-refractivity contribution is 5.66. The van der Waals surface area contributed by atoms with E-state index in [1.165, 1.54) is 5.56 Å². The average Bonchev–Trinajstić information content (AvgIpc) is 2.80. The van der Waals surface area contributed by atoms with Gasteiger partial charge in [0.2, 0.25) is 0 Å². The van der Waals surface area contributed by atoms with Crippen LogP contribution in [-0.2, 0) is 4.79 Å². The van der Waals surface area contributed by atoms with Crippen molar-refractivity contribution in [3.63, 3.8) is 0 Å². The summed E-state index contributed by atoms with van der Waals surface area (Å²) in [6.07, 6.45) is 2.13. The Kier molecular flexibility index (Phi) is 5.01. The van der Waals surface area contributed by atoms with Gasteiger partial charge in [-0.3, -0.25) is 4.79 Å². The van der Waals surface area contributed by atoms with Gasteiger partial charge in [-0.1, -0.05) is 12.1 Å². The Morgan fingerprint density at radius 2 is 2.10 bits per heavy atom. The van der Waals surface area contributed by atoms with E-state index in [1.54, 1.807) is 7.11 Å². The zero-order valence-electron chi connectivity index (χ0n) is 12.2. The highest BCUT2D eigenvalue weighted by Crippen LogP contribution is 2.32. The van der Waals surface area contributed by atoms with Gasteiger partial charge < -0.3 is 14.7 Å². The number of ether oxygens (including phenoxy) is 1. The van der Waals surface area contributed by atoms with Crippen LogP contribution in [0.25, 0.3) is 0 Å². The molecule has 20 heavy (non-hydrogen) atoms. The van der Waals surface area contributed by atoms with Crippen LogP contribution in [0.2, 0.25) is 0 Å². The van der Waals surface area contributed by atoms with Gasteiger partial charge in [-0.05, 0) is 49.9 Å². The number of carboxylic acids is 1. The Hall–Kier alpha value is -1.55. The lowest BCUT2D eigenvalue weighted by molar-refractivity contribution is -0.137. The van der Waals surface area contributed by atoms with Gasteiger partial charge in [0, 0.05) is 19.0 Å². The van der Waals surface area contributed by atoms with E-state index in [0.29, 0.717) is 12.0 Å². The number of carboxylic acid groups (broad SMARTS) is 1. The molecule has 4 heteroatoms. The molecule has 1 heterocycles. The Morgan fingerprint density at radius 1 is 1.40 bits per heavy atom. The lowest BCUT2D eigenvalue weighted by Crippen LogP contribution is -2.28. The summed E-state index contributed by atoms with van der Waals surface area (Å²) in [4.78, 5) is 13.0. The number of likely N-dealkylation sites (tertiary alicyclic amines) is 1. The van der Waals surface area contributed by atoms with Crippen molar-refractivity contribution in [2.75, 3.05) is 20.2 Å². The molecule has 0 saturated carbocycles. The van der Waals surface area contributed by atoms with Gasteiger partial charge in [-0.25, -0.2) is 0 Å². The minimum atomic E-state index is -0.705. The van der Waals surface area contributed by atoms with Crippen LogP contribution in [-0.4, -0.2) is 42.2 Å². The molecule has 0 radical (unpaired) electrons. The maximum absolute atomic E-state index is 10.6. The highest BCUT2D eigenvalue weighted by atomic mass is 16.5. The summed E-state index contributed by atoms with van der Waals surface area (Å²) in [5.74, 6) is 0.724. The highest BCUT2D eigenvalue weighted by Gasteiger charge is 2.29. The Bertz CT molecular complexity index is 444. The number of aliphatic carboxylic acids is 1. The van der Waals surface area contributed by atoms with E-state index in [9.17, 15) is 4.79 Å². The average molecular weight is 277 g/mol. The summed E-state index contributed by atoms with van der Waals surface area (Å²) in [5, 5.41) is 8.70. The molecule has 2 unspecified atom stereocenters. The van der Waals surface area contributed by atoms with Crippen molar-refractivity contribution in [1.29, 1.82) is 0 Å². The Morgan fingerprint density at radius 3 is 2.70 bits per heavy atom. The molecule has 2 atom stereocenters. The van der Waals surface area contributed by atoms with Gasteiger partial charge in [0.05, 0.1) is 7.11 Å². The molecular formula is C16H23NO3. The van der Waals surface area contributed by atoms with E-state index in [4.69, 9.17) is 9.84 Å². The number of rotatable bonds is 6. The number of carbonyl (C=O) groups is 1. The third kappa shape index (κ3) is 3.73. The van der Waals surface area contributed by atoms with E-state index in [-0.39, 0.29) is 6.42 Å². The first-order valence-corrected chi connectivity index (χ1v) is 7.20. The van der Waals surface area contributed by atoms with Crippen LogP contribution in [0.15, 0.2) is 24.3 Å². The molecule has 0 spiro atoms. The second-order valence-corrected chi connectivity index (χ2v) is 5.55. The molecule has 1 N–H and O–H groups in total. The number of hydrogen-bond donors (Lipinski definition) is 1. The van der Waals surface area contributed by atoms with Crippen LogP contribution < -0.4 is 4.74 Å². The molecular weight excluding hydrogens is 254 g/mol. The normalized spacial score (nSPS) is 22.9. The third-order valence-electron chi connectivity index (χ3n) is 4.13. The number of benzene rings is 1. The molecule has 0 bridgehead atoms. The van der Waals surface area contributed by atoms with Crippen LogP contribution in [0.5, 0.6) is 5.75 Å². The predicted molar refractivity (Wildman–Crippen MR) is 78.3 cm³/mol. The van der Waals surface area contributed by atoms with Crippen LogP contribution in [0.3, 0.4) is 0 Å². The van der Waals surface area contributed by atoms with Crippen LogP contribution in [0.4, 0.5) is 0 Å². The lowest BCUT2D eigenvalue weighted by Gasteiger charge is -2.20. The first-order chi connectivity index (χ1) is 9.60. The quantitative estimate of drug-likeness (QED) is 0.868. The number of methoxy groups -OCH3 is 1. The first kappa shape index (κ1) is 14.9. The second kappa shape index (κ2) is 6.75. The maximum Gasteiger partial charge on any atom is 0.303 e. The lowest BCUT2D eigenvalue weighted by atomic mass is 9.97. The topological polar surface area (TPSA) is 49.8 Å². The van der Waals surface area contributed by atoms with Gasteiger partial charge in [0.15, 0.2) is 0 Å². The van der Waals surface area contributed by atoms with Crippen molar-refractivity contribution in [1.82, 2.24) is 4.90 Å². The fraction of sp³-hybridized carbons (Fsp3) is 0.562. The van der Waals surface area contributed by atoms with Crippen molar-refractivity contribution in [2.24, 2.45) is 0 Å². The molecule has 0 aromatic heterocycles. The van der Waals surface area contributed by atoms with Gasteiger partial charge >= 0.3 is 5.97 Å². The molecule has 1 saturated heterocycles. The standard InChI is InChI=1S/C16H23NO3/c1-12-10-14(11-17(12)9-3-4-16(18)19)13-5-7-15(20-2)8-6-13/h5-8,12,14H,3-4,9-11H2,1-2H3,(H,18,19). The Balaban J connectivity index is 1.90. The van der Waals surface area contributed by atoms with Gasteiger partial charge in [0.25, 0.3) is 0 Å². The van der Waals surface area contributed by atoms with Crippen molar-refractivity contribution in [3.05, 3.63) is 29.8 Å². The van der Waals surface area contributed by atoms with Crippen LogP contribution >= 0.6 is 0 Å². The minimum Gasteiger partial charge on any atom is -0.497 e. The summed E-state index contributed by atoms with van der Waals surface area (Å²) >= 11 is 0. The van der Waals surface area contributed by atoms with Crippen molar-refractivity contribution in [3.8, 4) is 5.75 Å². The molecule has 2 rings (SSSR count). The minimum absolute atomic E-state index is 0.260. The number of nitrogens with zero attached hydrogens (tertiary/aromatic N) is 1. The molecule has 1 aromatic carbocycles. The molecule has 0 amide bonds. The first-order valence-electron chi connectivity index (χ1n) is 7.20. The summed E-state index contributed by atoms with van der Waals surface area (Å²) in [5.41, 5.74) is 1.35. The zero-order chi connectivity index (χ0) is 14.5. The molecule has 1 fully saturated rings. The summed E-state index contributed by atoms with van der Waals surface area (Å²) in [6, 6.07) is 8.81. The largest absolute Gasteiger partial charge is 0.497 e. The van der Waals surface area contributed by atoms with E-state index < -0.39 is 5.97 Å². The van der Waals surface area contributed by atoms with Gasteiger partial charge in [-0.2, -0.15) is 0 Å². The molecule has 4 nitrogen and oxygen atoms in total. The van der Waals surface area contributed by atoms with Crippen molar-refractivity contribution < 1.29 is 14.6 Å². The summed E-state index contributed by atoms with van der Waals surface area (Å²) < 4.78 is 5.18. The SMILES string of the molecule is COc1ccc(C2CC(C)N(CCCC(=O)O)C2)cc1. The molecule has 1 aliphatic heterocycles. The van der Waals surface area contributed by atoms with Gasteiger partial charge in [-0.15, -0.1) is 0 Å². The predicted octanol–water partition coefficient (Wildman–Crippen LogP) is 2.74. The third-order valence-corrected chi connectivity index (χ3v) is 4.13. The smallest absolute Gasteiger partial charge is 0.303 e. The maximum atomic E-state index is 10.6. The van der Waals surface area contributed by atoms with Crippen LogP contribution in [0, 0.1) is 0 Å². The van der Waals surface area contributed by atoms with E-state index in [1.807, 2.05) is 12.1 Å². The molecule has 0 aliphatic carbocycles. The number of hydrogen-bond acceptors (Lipinski definition) is 3. The van der Waals surface area contributed by atoms with E-state index in [2.05, 4.69) is 24.0 Å². The van der Waals surface area contributed by atoms with Gasteiger partial charge in [0.1, 0.15) is 5.75 Å². The van der Waals surface area contributed by atoms with Crippen LogP contribution in [0.1, 0.15) is 37.7 Å².